The SMILES string of the molecule is Cc1ccc(CNC(=S)Nc2ccc(Cn3nc(C)cc3C)cc2)cc1. The van der Waals surface area contributed by atoms with Gasteiger partial charge in [0.25, 0.3) is 0 Å². The van der Waals surface area contributed by atoms with Gasteiger partial charge in [-0.25, -0.2) is 0 Å². The quantitative estimate of drug-likeness (QED) is 0.661. The predicted molar refractivity (Wildman–Crippen MR) is 111 cm³/mol. The van der Waals surface area contributed by atoms with Crippen molar-refractivity contribution < 1.29 is 0 Å². The molecule has 26 heavy (non-hydrogen) atoms. The first-order valence-corrected chi connectivity index (χ1v) is 9.11. The van der Waals surface area contributed by atoms with Crippen LogP contribution in [0.2, 0.25) is 0 Å². The molecule has 0 spiro atoms. The largest absolute Gasteiger partial charge is 0.358 e. The first-order valence-electron chi connectivity index (χ1n) is 8.70. The average molecular weight is 365 g/mol. The lowest BCUT2D eigenvalue weighted by atomic mass is 10.1. The van der Waals surface area contributed by atoms with E-state index in [-0.39, 0.29) is 0 Å². The first-order chi connectivity index (χ1) is 12.5. The molecular formula is C21H24N4S. The number of nitrogens with zero attached hydrogens (tertiary/aromatic N) is 2. The van der Waals surface area contributed by atoms with Crippen LogP contribution in [0.15, 0.2) is 54.6 Å². The number of rotatable bonds is 5. The summed E-state index contributed by atoms with van der Waals surface area (Å²) in [7, 11) is 0. The van der Waals surface area contributed by atoms with Gasteiger partial charge in [-0.2, -0.15) is 5.10 Å². The van der Waals surface area contributed by atoms with Crippen molar-refractivity contribution in [1.82, 2.24) is 15.1 Å². The summed E-state index contributed by atoms with van der Waals surface area (Å²) in [5, 5.41) is 11.6. The second kappa shape index (κ2) is 8.15. The Labute approximate surface area is 160 Å². The summed E-state index contributed by atoms with van der Waals surface area (Å²) in [4.78, 5) is 0. The number of anilines is 1. The second-order valence-corrected chi connectivity index (χ2v) is 6.98. The van der Waals surface area contributed by atoms with Crippen LogP contribution in [-0.2, 0) is 13.1 Å². The van der Waals surface area contributed by atoms with E-state index in [1.165, 1.54) is 22.4 Å². The fourth-order valence-corrected chi connectivity index (χ4v) is 2.96. The monoisotopic (exact) mass is 364 g/mol. The van der Waals surface area contributed by atoms with Crippen LogP contribution < -0.4 is 10.6 Å². The Bertz CT molecular complexity index is 879. The third-order valence-electron chi connectivity index (χ3n) is 4.22. The number of nitrogens with one attached hydrogen (secondary N) is 2. The molecule has 5 heteroatoms. The highest BCUT2D eigenvalue weighted by atomic mass is 32.1. The van der Waals surface area contributed by atoms with Crippen molar-refractivity contribution >= 4 is 23.0 Å². The number of hydrogen-bond acceptors (Lipinski definition) is 2. The summed E-state index contributed by atoms with van der Waals surface area (Å²) in [5.74, 6) is 0. The molecule has 1 heterocycles. The van der Waals surface area contributed by atoms with Crippen LogP contribution in [0.5, 0.6) is 0 Å². The van der Waals surface area contributed by atoms with Crippen molar-refractivity contribution in [3.63, 3.8) is 0 Å². The summed E-state index contributed by atoms with van der Waals surface area (Å²) in [5.41, 5.74) is 6.87. The van der Waals surface area contributed by atoms with E-state index in [2.05, 4.69) is 72.0 Å². The average Bonchev–Trinajstić information content (AvgIpc) is 2.93. The maximum Gasteiger partial charge on any atom is 0.171 e. The predicted octanol–water partition coefficient (Wildman–Crippen LogP) is 4.34. The van der Waals surface area contributed by atoms with E-state index in [1.54, 1.807) is 0 Å². The lowest BCUT2D eigenvalue weighted by Gasteiger charge is -2.11. The molecule has 0 aliphatic rings. The highest BCUT2D eigenvalue weighted by molar-refractivity contribution is 7.80. The molecule has 0 radical (unpaired) electrons. The summed E-state index contributed by atoms with van der Waals surface area (Å²) in [6.45, 7) is 7.66. The zero-order chi connectivity index (χ0) is 18.5. The fraction of sp³-hybridized carbons (Fsp3) is 0.238. The van der Waals surface area contributed by atoms with E-state index in [1.807, 2.05) is 23.7 Å². The van der Waals surface area contributed by atoms with Crippen LogP contribution in [0.1, 0.15) is 28.1 Å². The Kier molecular flexibility index (Phi) is 5.68. The topological polar surface area (TPSA) is 41.9 Å². The molecule has 2 aromatic carbocycles. The van der Waals surface area contributed by atoms with Gasteiger partial charge in [0.05, 0.1) is 12.2 Å². The highest BCUT2D eigenvalue weighted by Gasteiger charge is 2.03. The van der Waals surface area contributed by atoms with Gasteiger partial charge in [0.2, 0.25) is 0 Å². The molecule has 0 aliphatic carbocycles. The second-order valence-electron chi connectivity index (χ2n) is 6.57. The van der Waals surface area contributed by atoms with Crippen molar-refractivity contribution in [3.8, 4) is 0 Å². The molecule has 0 amide bonds. The third kappa shape index (κ3) is 4.92. The summed E-state index contributed by atoms with van der Waals surface area (Å²) in [6, 6.07) is 18.8. The molecule has 0 saturated carbocycles. The van der Waals surface area contributed by atoms with Crippen LogP contribution in [0.3, 0.4) is 0 Å². The summed E-state index contributed by atoms with van der Waals surface area (Å²) < 4.78 is 2.02. The van der Waals surface area contributed by atoms with E-state index in [4.69, 9.17) is 12.2 Å². The third-order valence-corrected chi connectivity index (χ3v) is 4.47. The zero-order valence-corrected chi connectivity index (χ0v) is 16.2. The van der Waals surface area contributed by atoms with E-state index >= 15 is 0 Å². The normalized spacial score (nSPS) is 10.6. The molecule has 0 fully saturated rings. The van der Waals surface area contributed by atoms with E-state index in [0.717, 1.165) is 17.9 Å². The number of benzene rings is 2. The van der Waals surface area contributed by atoms with Gasteiger partial charge >= 0.3 is 0 Å². The van der Waals surface area contributed by atoms with Crippen LogP contribution in [-0.4, -0.2) is 14.9 Å². The molecule has 2 N–H and O–H groups in total. The standard InChI is InChI=1S/C21H24N4S/c1-15-4-6-18(7-5-15)13-22-21(26)23-20-10-8-19(9-11-20)14-25-17(3)12-16(2)24-25/h4-12H,13-14H2,1-3H3,(H2,22,23,26). The van der Waals surface area contributed by atoms with Crippen LogP contribution in [0.4, 0.5) is 5.69 Å². The maximum absolute atomic E-state index is 5.38. The lowest BCUT2D eigenvalue weighted by molar-refractivity contribution is 0.659. The maximum atomic E-state index is 5.38. The Balaban J connectivity index is 1.52. The van der Waals surface area contributed by atoms with Crippen molar-refractivity contribution in [2.45, 2.75) is 33.9 Å². The molecule has 0 atom stereocenters. The molecule has 0 unspecified atom stereocenters. The minimum absolute atomic E-state index is 0.622. The van der Waals surface area contributed by atoms with Crippen LogP contribution in [0, 0.1) is 20.8 Å². The van der Waals surface area contributed by atoms with Gasteiger partial charge in [-0.1, -0.05) is 42.0 Å². The Hall–Kier alpha value is -2.66. The highest BCUT2D eigenvalue weighted by Crippen LogP contribution is 2.12. The van der Waals surface area contributed by atoms with Gasteiger partial charge in [-0.15, -0.1) is 0 Å². The van der Waals surface area contributed by atoms with Gasteiger partial charge in [0.15, 0.2) is 5.11 Å². The lowest BCUT2D eigenvalue weighted by Crippen LogP contribution is -2.27. The van der Waals surface area contributed by atoms with Gasteiger partial charge in [0, 0.05) is 17.9 Å². The van der Waals surface area contributed by atoms with Gasteiger partial charge in [-0.3, -0.25) is 4.68 Å². The number of aromatic nitrogens is 2. The van der Waals surface area contributed by atoms with E-state index in [0.29, 0.717) is 11.7 Å². The van der Waals surface area contributed by atoms with Gasteiger partial charge in [0.1, 0.15) is 0 Å². The van der Waals surface area contributed by atoms with Crippen LogP contribution >= 0.6 is 12.2 Å². The number of aryl methyl sites for hydroxylation is 3. The van der Waals surface area contributed by atoms with Gasteiger partial charge < -0.3 is 10.6 Å². The Morgan fingerprint density at radius 1 is 0.962 bits per heavy atom. The molecule has 1 aromatic heterocycles. The van der Waals surface area contributed by atoms with Crippen molar-refractivity contribution in [3.05, 3.63) is 82.7 Å². The van der Waals surface area contributed by atoms with E-state index in [9.17, 15) is 0 Å². The molecule has 3 rings (SSSR count). The zero-order valence-electron chi connectivity index (χ0n) is 15.4. The van der Waals surface area contributed by atoms with Gasteiger partial charge in [-0.05, 0) is 62.3 Å². The molecule has 134 valence electrons. The van der Waals surface area contributed by atoms with Crippen molar-refractivity contribution in [2.24, 2.45) is 0 Å². The Morgan fingerprint density at radius 3 is 2.23 bits per heavy atom. The molecule has 0 saturated heterocycles. The molecule has 0 aliphatic heterocycles. The Morgan fingerprint density at radius 2 is 1.62 bits per heavy atom. The smallest absolute Gasteiger partial charge is 0.171 e. The number of thiocarbonyl (C=S) groups is 1. The summed E-state index contributed by atoms with van der Waals surface area (Å²) in [6.07, 6.45) is 0. The van der Waals surface area contributed by atoms with Crippen LogP contribution in [0.25, 0.3) is 0 Å². The molecule has 0 bridgehead atoms. The fourth-order valence-electron chi connectivity index (χ4n) is 2.76. The first kappa shape index (κ1) is 18.1. The minimum atomic E-state index is 0.622. The minimum Gasteiger partial charge on any atom is -0.358 e. The molecule has 3 aromatic rings. The molecular weight excluding hydrogens is 340 g/mol. The number of hydrogen-bond donors (Lipinski definition) is 2. The van der Waals surface area contributed by atoms with E-state index < -0.39 is 0 Å². The van der Waals surface area contributed by atoms with Crippen molar-refractivity contribution in [2.75, 3.05) is 5.32 Å². The molecule has 4 nitrogen and oxygen atoms in total. The van der Waals surface area contributed by atoms with Crippen molar-refractivity contribution in [1.29, 1.82) is 0 Å². The summed E-state index contributed by atoms with van der Waals surface area (Å²) >= 11 is 5.38.